The van der Waals surface area contributed by atoms with Crippen molar-refractivity contribution in [2.45, 2.75) is 72.1 Å². The molecule has 0 saturated heterocycles. The topological polar surface area (TPSA) is 9.23 Å². The molecule has 2 rings (SSSR count). The van der Waals surface area contributed by atoms with Gasteiger partial charge in [0, 0.05) is 0 Å². The fourth-order valence-corrected chi connectivity index (χ4v) is 4.23. The maximum atomic E-state index is 14.5. The minimum Gasteiger partial charge on any atom is -0.483 e. The second kappa shape index (κ2) is 9.92. The van der Waals surface area contributed by atoms with E-state index in [9.17, 15) is 8.78 Å². The van der Waals surface area contributed by atoms with Crippen LogP contribution in [-0.2, 0) is 4.74 Å². The van der Waals surface area contributed by atoms with E-state index in [0.29, 0.717) is 16.9 Å². The maximum Gasteiger partial charge on any atom is 0.209 e. The molecule has 0 heterocycles. The third-order valence-electron chi connectivity index (χ3n) is 6.50. The highest BCUT2D eigenvalue weighted by Gasteiger charge is 2.32. The van der Waals surface area contributed by atoms with Crippen LogP contribution in [0, 0.1) is 17.8 Å². The van der Waals surface area contributed by atoms with Crippen LogP contribution in [0.2, 0.25) is 0 Å². The van der Waals surface area contributed by atoms with E-state index in [4.69, 9.17) is 11.2 Å². The number of hydrogen-bond acceptors (Lipinski definition) is 1. The first-order valence-corrected chi connectivity index (χ1v) is 10.4. The first-order valence-electron chi connectivity index (χ1n) is 10.4. The van der Waals surface area contributed by atoms with Gasteiger partial charge in [-0.25, -0.2) is 4.39 Å². The Morgan fingerprint density at radius 3 is 2.11 bits per heavy atom. The Morgan fingerprint density at radius 1 is 1.07 bits per heavy atom. The van der Waals surface area contributed by atoms with Gasteiger partial charge in [-0.2, -0.15) is 4.39 Å². The number of allylic oxidation sites excluding steroid dienone is 4. The number of benzene rings is 1. The van der Waals surface area contributed by atoms with Gasteiger partial charge in [-0.1, -0.05) is 51.0 Å². The molecule has 0 N–H and O–H groups in total. The van der Waals surface area contributed by atoms with Crippen molar-refractivity contribution >= 4 is 5.57 Å². The summed E-state index contributed by atoms with van der Waals surface area (Å²) in [6, 6.07) is 7.84. The van der Waals surface area contributed by atoms with Crippen LogP contribution >= 0.6 is 0 Å². The summed E-state index contributed by atoms with van der Waals surface area (Å²) < 4.78 is 33.8. The lowest BCUT2D eigenvalue weighted by atomic mass is 9.66. The molecular weight excluding hydrogens is 354 g/mol. The molecule has 1 aromatic carbocycles. The number of rotatable bonds is 7. The Kier molecular flexibility index (Phi) is 7.87. The van der Waals surface area contributed by atoms with E-state index in [1.54, 1.807) is 13.8 Å². The molecule has 0 spiro atoms. The van der Waals surface area contributed by atoms with Crippen LogP contribution in [0.1, 0.15) is 83.3 Å². The molecule has 28 heavy (non-hydrogen) atoms. The van der Waals surface area contributed by atoms with Crippen LogP contribution in [0.5, 0.6) is 0 Å². The Labute approximate surface area is 168 Å². The second-order valence-electron chi connectivity index (χ2n) is 7.76. The fourth-order valence-electron chi connectivity index (χ4n) is 4.23. The number of ether oxygens (including phenoxy) is 1. The van der Waals surface area contributed by atoms with Gasteiger partial charge >= 0.3 is 0 Å². The Balaban J connectivity index is 2.17. The van der Waals surface area contributed by atoms with E-state index in [2.05, 4.69) is 19.8 Å². The van der Waals surface area contributed by atoms with Crippen molar-refractivity contribution in [1.29, 1.82) is 0 Å². The standard InChI is InChI=1S/C25H32F2O/c1-6-22(28-9-4)24(27)23(26)18(5)19-10-12-20(13-11-19)21-14-16-25(7-2,8-3)17-15-21/h1,10-13,21H,7-9,14-17H2,2-5H3/b23-18-,24-22-. The minimum absolute atomic E-state index is 0.187. The summed E-state index contributed by atoms with van der Waals surface area (Å²) in [4.78, 5) is 0. The molecule has 0 aliphatic heterocycles. The highest BCUT2D eigenvalue weighted by Crippen LogP contribution is 2.47. The largest absolute Gasteiger partial charge is 0.483 e. The SMILES string of the molecule is C#C/C(OCC)=C(F)\C(F)=C(/C)c1ccc(C2CCC(CC)(CC)CC2)cc1. The molecule has 152 valence electrons. The van der Waals surface area contributed by atoms with Gasteiger partial charge in [-0.3, -0.25) is 0 Å². The Morgan fingerprint density at radius 2 is 1.64 bits per heavy atom. The fraction of sp³-hybridized carbons (Fsp3) is 0.520. The van der Waals surface area contributed by atoms with E-state index >= 15 is 0 Å². The maximum absolute atomic E-state index is 14.5. The van der Waals surface area contributed by atoms with E-state index in [0.717, 1.165) is 0 Å². The average Bonchev–Trinajstić information content (AvgIpc) is 2.76. The van der Waals surface area contributed by atoms with Crippen molar-refractivity contribution in [3.8, 4) is 12.3 Å². The monoisotopic (exact) mass is 386 g/mol. The van der Waals surface area contributed by atoms with Crippen molar-refractivity contribution in [3.63, 3.8) is 0 Å². The molecule has 1 aliphatic rings. The first kappa shape index (κ1) is 22.2. The zero-order valence-corrected chi connectivity index (χ0v) is 17.6. The molecule has 1 fully saturated rings. The van der Waals surface area contributed by atoms with Gasteiger partial charge in [0.2, 0.25) is 11.6 Å². The highest BCUT2D eigenvalue weighted by atomic mass is 19.2. The summed E-state index contributed by atoms with van der Waals surface area (Å²) in [5, 5.41) is 0. The molecule has 0 bridgehead atoms. The first-order chi connectivity index (χ1) is 13.4. The van der Waals surface area contributed by atoms with Gasteiger partial charge in [-0.05, 0) is 73.5 Å². The van der Waals surface area contributed by atoms with Crippen LogP contribution in [-0.4, -0.2) is 6.61 Å². The zero-order chi connectivity index (χ0) is 20.7. The van der Waals surface area contributed by atoms with Crippen molar-refractivity contribution in [1.82, 2.24) is 0 Å². The van der Waals surface area contributed by atoms with Crippen LogP contribution in [0.25, 0.3) is 5.57 Å². The summed E-state index contributed by atoms with van der Waals surface area (Å²) in [5.74, 6) is 0.138. The lowest BCUT2D eigenvalue weighted by Gasteiger charge is -2.39. The smallest absolute Gasteiger partial charge is 0.209 e. The lowest BCUT2D eigenvalue weighted by Crippen LogP contribution is -2.25. The molecular formula is C25H32F2O. The molecule has 1 nitrogen and oxygen atoms in total. The molecule has 0 atom stereocenters. The summed E-state index contributed by atoms with van der Waals surface area (Å²) in [6.45, 7) is 8.02. The predicted octanol–water partition coefficient (Wildman–Crippen LogP) is 7.70. The van der Waals surface area contributed by atoms with Gasteiger partial charge in [0.1, 0.15) is 0 Å². The molecule has 1 aliphatic carbocycles. The summed E-state index contributed by atoms with van der Waals surface area (Å²) >= 11 is 0. The molecule has 0 aromatic heterocycles. The minimum atomic E-state index is -1.12. The molecule has 1 saturated carbocycles. The van der Waals surface area contributed by atoms with Crippen LogP contribution < -0.4 is 0 Å². The Hall–Kier alpha value is -2.08. The molecule has 3 heteroatoms. The highest BCUT2D eigenvalue weighted by molar-refractivity contribution is 5.69. The van der Waals surface area contributed by atoms with Gasteiger partial charge in [0.15, 0.2) is 5.83 Å². The number of terminal acetylenes is 1. The molecule has 0 unspecified atom stereocenters. The molecule has 1 aromatic rings. The zero-order valence-electron chi connectivity index (χ0n) is 17.6. The van der Waals surface area contributed by atoms with Crippen molar-refractivity contribution in [3.05, 3.63) is 52.8 Å². The third kappa shape index (κ3) is 4.85. The summed E-state index contributed by atoms with van der Waals surface area (Å²) in [6.07, 6.45) is 12.6. The van der Waals surface area contributed by atoms with Crippen molar-refractivity contribution < 1.29 is 13.5 Å². The molecule has 0 radical (unpaired) electrons. The summed E-state index contributed by atoms with van der Waals surface area (Å²) in [5.41, 5.74) is 2.66. The number of halogens is 2. The number of hydrogen-bond donors (Lipinski definition) is 0. The van der Waals surface area contributed by atoms with E-state index < -0.39 is 17.4 Å². The third-order valence-corrected chi connectivity index (χ3v) is 6.50. The van der Waals surface area contributed by atoms with Crippen molar-refractivity contribution in [2.24, 2.45) is 5.41 Å². The van der Waals surface area contributed by atoms with Crippen molar-refractivity contribution in [2.75, 3.05) is 6.61 Å². The van der Waals surface area contributed by atoms with Gasteiger partial charge in [-0.15, -0.1) is 6.42 Å². The molecule has 0 amide bonds. The van der Waals surface area contributed by atoms with Gasteiger partial charge in [0.25, 0.3) is 0 Å². The van der Waals surface area contributed by atoms with Gasteiger partial charge in [0.05, 0.1) is 6.61 Å². The van der Waals surface area contributed by atoms with Crippen LogP contribution in [0.15, 0.2) is 41.7 Å². The lowest BCUT2D eigenvalue weighted by molar-refractivity contribution is 0.159. The quantitative estimate of drug-likeness (QED) is 0.265. The van der Waals surface area contributed by atoms with Crippen LogP contribution in [0.3, 0.4) is 0 Å². The normalized spacial score (nSPS) is 18.8. The van der Waals surface area contributed by atoms with E-state index in [-0.39, 0.29) is 12.2 Å². The van der Waals surface area contributed by atoms with E-state index in [1.165, 1.54) is 44.1 Å². The average molecular weight is 387 g/mol. The Bertz CT molecular complexity index is 751. The second-order valence-corrected chi connectivity index (χ2v) is 7.76. The summed E-state index contributed by atoms with van der Waals surface area (Å²) in [7, 11) is 0. The van der Waals surface area contributed by atoms with E-state index in [1.807, 2.05) is 24.3 Å². The van der Waals surface area contributed by atoms with Crippen LogP contribution in [0.4, 0.5) is 8.78 Å². The van der Waals surface area contributed by atoms with Gasteiger partial charge < -0.3 is 4.74 Å². The predicted molar refractivity (Wildman–Crippen MR) is 113 cm³/mol.